The lowest BCUT2D eigenvalue weighted by atomic mass is 10.2. The van der Waals surface area contributed by atoms with E-state index in [9.17, 15) is 0 Å². The van der Waals surface area contributed by atoms with Gasteiger partial charge in [0.25, 0.3) is 0 Å². The van der Waals surface area contributed by atoms with Crippen molar-refractivity contribution in [1.82, 2.24) is 21.5 Å². The zero-order chi connectivity index (χ0) is 22.4. The van der Waals surface area contributed by atoms with Gasteiger partial charge in [-0.3, -0.25) is 10.9 Å². The van der Waals surface area contributed by atoms with Gasteiger partial charge in [0.2, 0.25) is 0 Å². The minimum atomic E-state index is 0.469. The van der Waals surface area contributed by atoms with Crippen LogP contribution in [0.1, 0.15) is 22.3 Å². The van der Waals surface area contributed by atoms with E-state index in [1.165, 1.54) is 0 Å². The van der Waals surface area contributed by atoms with Crippen LogP contribution in [-0.2, 0) is 13.1 Å². The van der Waals surface area contributed by atoms with E-state index in [2.05, 4.69) is 31.7 Å². The first-order valence-electron chi connectivity index (χ1n) is 10.0. The molecule has 162 valence electrons. The molecule has 4 N–H and O–H groups in total. The third-order valence-electron chi connectivity index (χ3n) is 4.29. The SMILES string of the molecule is S=C(NCc1ccccc1)N/N=C/c1ccc(/C=N/NC(=S)NCc2ccccc2)cc1. The highest BCUT2D eigenvalue weighted by atomic mass is 32.1. The molecule has 0 amide bonds. The Kier molecular flexibility index (Phi) is 9.32. The smallest absolute Gasteiger partial charge is 0.187 e. The lowest BCUT2D eigenvalue weighted by molar-refractivity contribution is 0.868. The number of nitrogens with zero attached hydrogens (tertiary/aromatic N) is 2. The highest BCUT2D eigenvalue weighted by molar-refractivity contribution is 7.80. The van der Waals surface area contributed by atoms with Gasteiger partial charge >= 0.3 is 0 Å². The van der Waals surface area contributed by atoms with Gasteiger partial charge in [-0.2, -0.15) is 10.2 Å². The van der Waals surface area contributed by atoms with Crippen LogP contribution in [0.4, 0.5) is 0 Å². The van der Waals surface area contributed by atoms with Crippen molar-refractivity contribution < 1.29 is 0 Å². The van der Waals surface area contributed by atoms with E-state index in [0.717, 1.165) is 22.3 Å². The molecule has 0 atom stereocenters. The van der Waals surface area contributed by atoms with Crippen molar-refractivity contribution in [2.24, 2.45) is 10.2 Å². The lowest BCUT2D eigenvalue weighted by Gasteiger charge is -2.07. The Morgan fingerprint density at radius 3 is 1.34 bits per heavy atom. The summed E-state index contributed by atoms with van der Waals surface area (Å²) < 4.78 is 0. The van der Waals surface area contributed by atoms with Gasteiger partial charge in [0.15, 0.2) is 10.2 Å². The van der Waals surface area contributed by atoms with Gasteiger partial charge in [0.1, 0.15) is 0 Å². The predicted molar refractivity (Wildman–Crippen MR) is 140 cm³/mol. The topological polar surface area (TPSA) is 72.8 Å². The Labute approximate surface area is 198 Å². The fourth-order valence-electron chi connectivity index (χ4n) is 2.63. The highest BCUT2D eigenvalue weighted by Gasteiger charge is 1.96. The summed E-state index contributed by atoms with van der Waals surface area (Å²) in [5.41, 5.74) is 9.82. The molecule has 3 rings (SSSR count). The number of benzene rings is 3. The average Bonchev–Trinajstić information content (AvgIpc) is 2.84. The number of nitrogens with one attached hydrogen (secondary N) is 4. The Hall–Kier alpha value is -3.62. The number of hydrogen-bond donors (Lipinski definition) is 4. The van der Waals surface area contributed by atoms with Gasteiger partial charge in [-0.1, -0.05) is 84.9 Å². The van der Waals surface area contributed by atoms with Gasteiger partial charge in [0, 0.05) is 13.1 Å². The van der Waals surface area contributed by atoms with E-state index in [0.29, 0.717) is 23.3 Å². The number of hydrazone groups is 2. The first kappa shape index (κ1) is 23.1. The van der Waals surface area contributed by atoms with Gasteiger partial charge in [-0.05, 0) is 46.7 Å². The molecule has 0 aliphatic rings. The van der Waals surface area contributed by atoms with Gasteiger partial charge < -0.3 is 10.6 Å². The van der Waals surface area contributed by atoms with E-state index in [4.69, 9.17) is 24.4 Å². The number of thiocarbonyl (C=S) groups is 2. The summed E-state index contributed by atoms with van der Waals surface area (Å²) in [4.78, 5) is 0. The van der Waals surface area contributed by atoms with Crippen molar-refractivity contribution in [3.63, 3.8) is 0 Å². The molecule has 3 aromatic rings. The van der Waals surface area contributed by atoms with Crippen LogP contribution < -0.4 is 21.5 Å². The second-order valence-corrected chi connectivity index (χ2v) is 7.56. The summed E-state index contributed by atoms with van der Waals surface area (Å²) >= 11 is 10.5. The third-order valence-corrected chi connectivity index (χ3v) is 4.76. The van der Waals surface area contributed by atoms with Crippen molar-refractivity contribution in [2.45, 2.75) is 13.1 Å². The van der Waals surface area contributed by atoms with Crippen LogP contribution in [-0.4, -0.2) is 22.7 Å². The number of rotatable bonds is 8. The molecular weight excluding hydrogens is 436 g/mol. The van der Waals surface area contributed by atoms with Crippen LogP contribution in [0.5, 0.6) is 0 Å². The second-order valence-electron chi connectivity index (χ2n) is 6.74. The minimum absolute atomic E-state index is 0.469. The van der Waals surface area contributed by atoms with Gasteiger partial charge in [-0.15, -0.1) is 0 Å². The molecule has 0 saturated carbocycles. The van der Waals surface area contributed by atoms with Crippen molar-refractivity contribution in [3.05, 3.63) is 107 Å². The zero-order valence-corrected chi connectivity index (χ0v) is 19.0. The number of hydrogen-bond acceptors (Lipinski definition) is 4. The molecule has 0 aromatic heterocycles. The first-order valence-corrected chi connectivity index (χ1v) is 10.8. The van der Waals surface area contributed by atoms with Crippen LogP contribution in [0, 0.1) is 0 Å². The molecule has 0 aliphatic carbocycles. The molecule has 0 saturated heterocycles. The maximum atomic E-state index is 5.23. The molecule has 0 radical (unpaired) electrons. The van der Waals surface area contributed by atoms with E-state index < -0.39 is 0 Å². The van der Waals surface area contributed by atoms with Crippen molar-refractivity contribution in [2.75, 3.05) is 0 Å². The monoisotopic (exact) mass is 460 g/mol. The molecule has 0 fully saturated rings. The maximum absolute atomic E-state index is 5.23. The average molecular weight is 461 g/mol. The quantitative estimate of drug-likeness (QED) is 0.234. The zero-order valence-electron chi connectivity index (χ0n) is 17.4. The molecule has 0 spiro atoms. The Morgan fingerprint density at radius 2 is 0.969 bits per heavy atom. The summed E-state index contributed by atoms with van der Waals surface area (Å²) in [7, 11) is 0. The molecule has 32 heavy (non-hydrogen) atoms. The molecule has 0 heterocycles. The van der Waals surface area contributed by atoms with Crippen molar-refractivity contribution in [1.29, 1.82) is 0 Å². The fourth-order valence-corrected chi connectivity index (χ4v) is 2.88. The molecular formula is C24H24N6S2. The largest absolute Gasteiger partial charge is 0.357 e. The van der Waals surface area contributed by atoms with E-state index in [1.807, 2.05) is 84.9 Å². The van der Waals surface area contributed by atoms with Crippen LogP contribution in [0.15, 0.2) is 95.1 Å². The van der Waals surface area contributed by atoms with Crippen LogP contribution >= 0.6 is 24.4 Å². The molecule has 0 aliphatic heterocycles. The summed E-state index contributed by atoms with van der Waals surface area (Å²) in [6, 6.07) is 27.9. The van der Waals surface area contributed by atoms with E-state index >= 15 is 0 Å². The second kappa shape index (κ2) is 12.9. The van der Waals surface area contributed by atoms with E-state index in [-0.39, 0.29) is 0 Å². The van der Waals surface area contributed by atoms with E-state index in [1.54, 1.807) is 12.4 Å². The fraction of sp³-hybridized carbons (Fsp3) is 0.0833. The molecule has 0 unspecified atom stereocenters. The molecule has 6 nitrogen and oxygen atoms in total. The normalized spacial score (nSPS) is 10.8. The minimum Gasteiger partial charge on any atom is -0.357 e. The van der Waals surface area contributed by atoms with Gasteiger partial charge in [0.05, 0.1) is 12.4 Å². The standard InChI is InChI=1S/C24H24N6S2/c31-23(25-15-19-7-3-1-4-8-19)29-27-17-21-11-13-22(14-12-21)18-28-30-24(32)26-16-20-9-5-2-6-10-20/h1-14,17-18H,15-16H2,(H2,25,29,31)(H2,26,30,32)/b27-17+,28-18+. The van der Waals surface area contributed by atoms with Crippen molar-refractivity contribution in [3.8, 4) is 0 Å². The molecule has 8 heteroatoms. The van der Waals surface area contributed by atoms with Crippen LogP contribution in [0.25, 0.3) is 0 Å². The molecule has 3 aromatic carbocycles. The Morgan fingerprint density at radius 1 is 0.594 bits per heavy atom. The maximum Gasteiger partial charge on any atom is 0.187 e. The Bertz CT molecular complexity index is 964. The lowest BCUT2D eigenvalue weighted by Crippen LogP contribution is -2.31. The van der Waals surface area contributed by atoms with Crippen molar-refractivity contribution >= 4 is 47.1 Å². The summed E-state index contributed by atoms with van der Waals surface area (Å²) in [6.07, 6.45) is 3.41. The Balaban J connectivity index is 1.36. The predicted octanol–water partition coefficient (Wildman–Crippen LogP) is 3.68. The summed E-state index contributed by atoms with van der Waals surface area (Å²) in [5, 5.41) is 15.5. The molecule has 0 bridgehead atoms. The van der Waals surface area contributed by atoms with Gasteiger partial charge in [-0.25, -0.2) is 0 Å². The highest BCUT2D eigenvalue weighted by Crippen LogP contribution is 2.01. The first-order chi connectivity index (χ1) is 15.7. The third kappa shape index (κ3) is 8.63. The van der Waals surface area contributed by atoms with Crippen LogP contribution in [0.2, 0.25) is 0 Å². The van der Waals surface area contributed by atoms with Crippen LogP contribution in [0.3, 0.4) is 0 Å². The summed E-state index contributed by atoms with van der Waals surface area (Å²) in [5.74, 6) is 0. The summed E-state index contributed by atoms with van der Waals surface area (Å²) in [6.45, 7) is 1.30.